The molecule has 2 heterocycles. The minimum absolute atomic E-state index is 0.0406. The van der Waals surface area contributed by atoms with Crippen LogP contribution in [-0.2, 0) is 14.3 Å². The first-order valence-corrected chi connectivity index (χ1v) is 8.26. The average molecular weight is 370 g/mol. The van der Waals surface area contributed by atoms with Gasteiger partial charge in [0.25, 0.3) is 0 Å². The van der Waals surface area contributed by atoms with Gasteiger partial charge in [-0.1, -0.05) is 12.1 Å². The highest BCUT2D eigenvalue weighted by Gasteiger charge is 2.39. The van der Waals surface area contributed by atoms with E-state index in [1.165, 1.54) is 18.4 Å². The largest absolute Gasteiger partial charge is 0.478 e. The van der Waals surface area contributed by atoms with E-state index in [0.29, 0.717) is 21.2 Å². The van der Waals surface area contributed by atoms with Gasteiger partial charge in [0.2, 0.25) is 0 Å². The Labute approximate surface area is 152 Å². The molecule has 1 aliphatic heterocycles. The Bertz CT molecular complexity index is 1040. The molecule has 0 fully saturated rings. The van der Waals surface area contributed by atoms with Crippen LogP contribution in [0.25, 0.3) is 10.1 Å². The van der Waals surface area contributed by atoms with Crippen molar-refractivity contribution in [3.05, 3.63) is 57.5 Å². The molecule has 0 bridgehead atoms. The van der Waals surface area contributed by atoms with Crippen LogP contribution in [0.1, 0.15) is 17.0 Å². The lowest BCUT2D eigenvalue weighted by Crippen LogP contribution is -2.39. The van der Waals surface area contributed by atoms with E-state index in [9.17, 15) is 20.0 Å². The van der Waals surface area contributed by atoms with Crippen LogP contribution in [0.4, 0.5) is 0 Å². The molecule has 0 amide bonds. The van der Waals surface area contributed by atoms with Gasteiger partial charge in [0.05, 0.1) is 34.4 Å². The second kappa shape index (κ2) is 6.42. The number of esters is 1. The van der Waals surface area contributed by atoms with Gasteiger partial charge in [0.1, 0.15) is 17.7 Å². The number of aliphatic carboxylic acids is 1. The first-order chi connectivity index (χ1) is 12.4. The van der Waals surface area contributed by atoms with Crippen molar-refractivity contribution in [3.8, 4) is 6.07 Å². The third-order valence-electron chi connectivity index (χ3n) is 4.12. The van der Waals surface area contributed by atoms with Gasteiger partial charge in [0, 0.05) is 0 Å². The van der Waals surface area contributed by atoms with Crippen LogP contribution < -0.4 is 16.8 Å². The van der Waals surface area contributed by atoms with Crippen molar-refractivity contribution >= 4 is 33.4 Å². The average Bonchev–Trinajstić information content (AvgIpc) is 3.03. The molecule has 8 nitrogen and oxygen atoms in total. The molecule has 3 rings (SSSR count). The Hall–Kier alpha value is -3.51. The number of hydrogen-bond acceptors (Lipinski definition) is 8. The van der Waals surface area contributed by atoms with Gasteiger partial charge in [0.15, 0.2) is 0 Å². The van der Waals surface area contributed by atoms with Crippen molar-refractivity contribution in [1.29, 1.82) is 5.26 Å². The predicted molar refractivity (Wildman–Crippen MR) is 94.5 cm³/mol. The third kappa shape index (κ3) is 2.53. The molecule has 2 aromatic rings. The minimum atomic E-state index is -1.29. The van der Waals surface area contributed by atoms with Crippen LogP contribution in [0.5, 0.6) is 0 Å². The Kier molecular flexibility index (Phi) is 4.28. The van der Waals surface area contributed by atoms with Gasteiger partial charge in [-0.3, -0.25) is 0 Å². The lowest BCUT2D eigenvalue weighted by atomic mass is 9.82. The van der Waals surface area contributed by atoms with E-state index in [1.807, 2.05) is 0 Å². The topological polar surface area (TPSA) is 151 Å². The van der Waals surface area contributed by atoms with Crippen molar-refractivity contribution in [1.82, 2.24) is 5.32 Å². The normalized spacial score (nSPS) is 17.0. The number of thiophene rings is 1. The Morgan fingerprint density at radius 3 is 2.62 bits per heavy atom. The van der Waals surface area contributed by atoms with Crippen molar-refractivity contribution in [3.63, 3.8) is 0 Å². The fourth-order valence-corrected chi connectivity index (χ4v) is 4.07. The van der Waals surface area contributed by atoms with Crippen molar-refractivity contribution in [2.45, 2.75) is 5.92 Å². The summed E-state index contributed by atoms with van der Waals surface area (Å²) in [6.07, 6.45) is 0. The molecule has 26 heavy (non-hydrogen) atoms. The van der Waals surface area contributed by atoms with E-state index >= 15 is 0 Å². The summed E-state index contributed by atoms with van der Waals surface area (Å²) in [6.45, 7) is 0. The number of carbonyl (C=O) groups is 2. The highest BCUT2D eigenvalue weighted by Crippen LogP contribution is 2.42. The number of benzene rings is 1. The number of nitrogens with one attached hydrogen (secondary N) is 1. The summed E-state index contributed by atoms with van der Waals surface area (Å²) in [5.74, 6) is -3.29. The quantitative estimate of drug-likeness (QED) is 0.585. The Morgan fingerprint density at radius 2 is 2.00 bits per heavy atom. The van der Waals surface area contributed by atoms with E-state index in [-0.39, 0.29) is 22.8 Å². The SMILES string of the molecule is COC(=O)C1=C(N)NC(N)=C(C(=O)O)C1c1csc2c(C#N)cccc12. The fraction of sp³-hybridized carbons (Fsp3) is 0.118. The number of nitrogens with zero attached hydrogens (tertiary/aromatic N) is 1. The van der Waals surface area contributed by atoms with Gasteiger partial charge in [-0.25, -0.2) is 9.59 Å². The molecule has 0 spiro atoms. The predicted octanol–water partition coefficient (Wildman–Crippen LogP) is 1.06. The van der Waals surface area contributed by atoms with E-state index in [2.05, 4.69) is 11.4 Å². The maximum Gasteiger partial charge on any atom is 0.338 e. The monoisotopic (exact) mass is 370 g/mol. The number of nitriles is 1. The zero-order valence-electron chi connectivity index (χ0n) is 13.6. The lowest BCUT2D eigenvalue weighted by Gasteiger charge is -2.28. The number of carbonyl (C=O) groups excluding carboxylic acids is 1. The van der Waals surface area contributed by atoms with Crippen molar-refractivity contribution in [2.24, 2.45) is 11.5 Å². The first kappa shape index (κ1) is 17.3. The summed E-state index contributed by atoms with van der Waals surface area (Å²) in [7, 11) is 1.18. The van der Waals surface area contributed by atoms with Crippen LogP contribution in [0.3, 0.4) is 0 Å². The summed E-state index contributed by atoms with van der Waals surface area (Å²) in [6, 6.07) is 7.21. The highest BCUT2D eigenvalue weighted by molar-refractivity contribution is 7.17. The second-order valence-corrected chi connectivity index (χ2v) is 6.37. The number of fused-ring (bicyclic) bond motifs is 1. The molecule has 132 valence electrons. The maximum atomic E-state index is 12.3. The van der Waals surface area contributed by atoms with Gasteiger partial charge in [-0.2, -0.15) is 5.26 Å². The number of methoxy groups -OCH3 is 1. The van der Waals surface area contributed by atoms with Crippen LogP contribution in [0.15, 0.2) is 46.4 Å². The number of hydrogen-bond donors (Lipinski definition) is 4. The molecule has 1 unspecified atom stereocenters. The minimum Gasteiger partial charge on any atom is -0.478 e. The zero-order valence-corrected chi connectivity index (χ0v) is 14.4. The molecule has 1 atom stereocenters. The van der Waals surface area contributed by atoms with Gasteiger partial charge < -0.3 is 26.6 Å². The van der Waals surface area contributed by atoms with Crippen LogP contribution in [0.2, 0.25) is 0 Å². The molecule has 0 radical (unpaired) electrons. The van der Waals surface area contributed by atoms with Crippen molar-refractivity contribution in [2.75, 3.05) is 7.11 Å². The first-order valence-electron chi connectivity index (χ1n) is 7.38. The molecule has 0 aliphatic carbocycles. The summed E-state index contributed by atoms with van der Waals surface area (Å²) < 4.78 is 5.48. The van der Waals surface area contributed by atoms with Crippen LogP contribution >= 0.6 is 11.3 Å². The molecule has 1 aliphatic rings. The standard InChI is InChI=1S/C17H14N4O4S/c1-25-17(24)12-10(11(16(22)23)14(19)21-15(12)20)9-6-26-13-7(5-18)3-2-4-8(9)13/h2-4,6,10,21H,19-20H2,1H3,(H,22,23). The summed E-state index contributed by atoms with van der Waals surface area (Å²) in [5.41, 5.74) is 12.5. The van der Waals surface area contributed by atoms with Crippen LogP contribution in [0, 0.1) is 11.3 Å². The van der Waals surface area contributed by atoms with E-state index in [0.717, 1.165) is 0 Å². The smallest absolute Gasteiger partial charge is 0.338 e. The van der Waals surface area contributed by atoms with E-state index in [1.54, 1.807) is 23.6 Å². The second-order valence-electron chi connectivity index (χ2n) is 5.49. The summed E-state index contributed by atoms with van der Waals surface area (Å²) in [4.78, 5) is 24.2. The molecule has 1 aromatic carbocycles. The number of nitrogens with two attached hydrogens (primary N) is 2. The summed E-state index contributed by atoms with van der Waals surface area (Å²) in [5, 5.41) is 23.8. The number of ether oxygens (including phenoxy) is 1. The molecular weight excluding hydrogens is 356 g/mol. The highest BCUT2D eigenvalue weighted by atomic mass is 32.1. The van der Waals surface area contributed by atoms with E-state index < -0.39 is 17.9 Å². The molecule has 6 N–H and O–H groups in total. The Morgan fingerprint density at radius 1 is 1.31 bits per heavy atom. The zero-order chi connectivity index (χ0) is 19.0. The van der Waals surface area contributed by atoms with Crippen LogP contribution in [-0.4, -0.2) is 24.2 Å². The van der Waals surface area contributed by atoms with Gasteiger partial charge in [-0.15, -0.1) is 11.3 Å². The molecule has 0 saturated carbocycles. The molecular formula is C17H14N4O4S. The van der Waals surface area contributed by atoms with Gasteiger partial charge in [-0.05, 0) is 22.4 Å². The van der Waals surface area contributed by atoms with Crippen molar-refractivity contribution < 1.29 is 19.4 Å². The number of carboxylic acid groups (broad SMARTS) is 1. The number of carboxylic acids is 1. The summed E-state index contributed by atoms with van der Waals surface area (Å²) >= 11 is 1.28. The van der Waals surface area contributed by atoms with E-state index in [4.69, 9.17) is 16.2 Å². The van der Waals surface area contributed by atoms with Gasteiger partial charge >= 0.3 is 11.9 Å². The lowest BCUT2D eigenvalue weighted by molar-refractivity contribution is -0.136. The number of rotatable bonds is 3. The maximum absolute atomic E-state index is 12.3. The molecule has 1 aromatic heterocycles. The fourth-order valence-electron chi connectivity index (χ4n) is 3.01. The number of dihydropyridines is 1. The Balaban J connectivity index is 2.33. The molecule has 9 heteroatoms. The third-order valence-corrected chi connectivity index (χ3v) is 5.17. The molecule has 0 saturated heterocycles.